The van der Waals surface area contributed by atoms with Crippen molar-refractivity contribution in [3.05, 3.63) is 76.1 Å². The number of hydrogen-bond acceptors (Lipinski definition) is 7. The molecule has 0 saturated heterocycles. The average molecular weight is 524 g/mol. The van der Waals surface area contributed by atoms with E-state index in [9.17, 15) is 18.0 Å². The fourth-order valence-electron chi connectivity index (χ4n) is 4.09. The SMILES string of the molecule is CC[C@H](C)[C@H](NS(=O)(=O)c1ccc(C)cc1)C(=O)Oc1ccc2c(oc(=O)c3cc(OC)ccc32)c1C. The Kier molecular flexibility index (Phi) is 7.38. The zero-order valence-corrected chi connectivity index (χ0v) is 22.1. The van der Waals surface area contributed by atoms with Crippen LogP contribution in [0.15, 0.2) is 68.7 Å². The van der Waals surface area contributed by atoms with Crippen LogP contribution >= 0.6 is 0 Å². The molecule has 4 aromatic rings. The van der Waals surface area contributed by atoms with Gasteiger partial charge in [0.2, 0.25) is 10.0 Å². The van der Waals surface area contributed by atoms with Gasteiger partial charge < -0.3 is 13.9 Å². The van der Waals surface area contributed by atoms with E-state index in [1.807, 2.05) is 13.8 Å². The number of carbonyl (C=O) groups is 1. The number of rotatable bonds is 8. The van der Waals surface area contributed by atoms with E-state index in [-0.39, 0.29) is 22.1 Å². The predicted molar refractivity (Wildman–Crippen MR) is 142 cm³/mol. The molecule has 0 aliphatic carbocycles. The summed E-state index contributed by atoms with van der Waals surface area (Å²) in [5.74, 6) is -0.382. The highest BCUT2D eigenvalue weighted by atomic mass is 32.2. The maximum Gasteiger partial charge on any atom is 0.344 e. The van der Waals surface area contributed by atoms with Gasteiger partial charge in [-0.15, -0.1) is 0 Å². The molecular weight excluding hydrogens is 494 g/mol. The van der Waals surface area contributed by atoms with Gasteiger partial charge in [0, 0.05) is 16.3 Å². The van der Waals surface area contributed by atoms with Crippen LogP contribution < -0.4 is 19.8 Å². The molecule has 0 spiro atoms. The molecule has 0 aliphatic heterocycles. The van der Waals surface area contributed by atoms with Gasteiger partial charge in [0.15, 0.2) is 0 Å². The lowest BCUT2D eigenvalue weighted by Crippen LogP contribution is -2.47. The third-order valence-electron chi connectivity index (χ3n) is 6.58. The van der Waals surface area contributed by atoms with Gasteiger partial charge in [-0.2, -0.15) is 4.72 Å². The normalized spacial score (nSPS) is 13.4. The first-order valence-electron chi connectivity index (χ1n) is 11.9. The monoisotopic (exact) mass is 523 g/mol. The van der Waals surface area contributed by atoms with Gasteiger partial charge in [0.1, 0.15) is 23.1 Å². The van der Waals surface area contributed by atoms with Crippen LogP contribution in [0.3, 0.4) is 0 Å². The van der Waals surface area contributed by atoms with Crippen LogP contribution in [0.5, 0.6) is 11.5 Å². The molecule has 1 aromatic heterocycles. The van der Waals surface area contributed by atoms with Gasteiger partial charge >= 0.3 is 11.6 Å². The van der Waals surface area contributed by atoms with Crippen LogP contribution in [0.25, 0.3) is 21.7 Å². The minimum absolute atomic E-state index is 0.0615. The maximum atomic E-state index is 13.3. The van der Waals surface area contributed by atoms with E-state index in [2.05, 4.69) is 4.72 Å². The fourth-order valence-corrected chi connectivity index (χ4v) is 5.38. The lowest BCUT2D eigenvalue weighted by atomic mass is 10.0. The summed E-state index contributed by atoms with van der Waals surface area (Å²) in [5.41, 5.74) is 1.11. The predicted octanol–water partition coefficient (Wildman–Crippen LogP) is 4.87. The van der Waals surface area contributed by atoms with Gasteiger partial charge in [0.05, 0.1) is 17.4 Å². The van der Waals surface area contributed by atoms with E-state index < -0.39 is 27.7 Å². The number of sulfonamides is 1. The highest BCUT2D eigenvalue weighted by Crippen LogP contribution is 2.32. The number of benzene rings is 3. The summed E-state index contributed by atoms with van der Waals surface area (Å²) >= 11 is 0. The maximum absolute atomic E-state index is 13.3. The largest absolute Gasteiger partial charge is 0.497 e. The Hall–Kier alpha value is -3.69. The second kappa shape index (κ2) is 10.4. The van der Waals surface area contributed by atoms with Gasteiger partial charge in [-0.05, 0) is 62.2 Å². The molecule has 3 aromatic carbocycles. The molecule has 1 N–H and O–H groups in total. The molecule has 8 nitrogen and oxygen atoms in total. The van der Waals surface area contributed by atoms with Crippen LogP contribution in [0.4, 0.5) is 0 Å². The number of carbonyl (C=O) groups excluding carboxylic acids is 1. The Labute approximate surface area is 215 Å². The van der Waals surface area contributed by atoms with E-state index in [4.69, 9.17) is 13.9 Å². The van der Waals surface area contributed by atoms with Crippen molar-refractivity contribution in [3.8, 4) is 11.5 Å². The number of fused-ring (bicyclic) bond motifs is 3. The molecule has 0 radical (unpaired) electrons. The van der Waals surface area contributed by atoms with E-state index in [1.54, 1.807) is 56.3 Å². The summed E-state index contributed by atoms with van der Waals surface area (Å²) in [7, 11) is -2.45. The Morgan fingerprint density at radius 3 is 2.32 bits per heavy atom. The summed E-state index contributed by atoms with van der Waals surface area (Å²) in [6.07, 6.45) is 0.539. The summed E-state index contributed by atoms with van der Waals surface area (Å²) in [4.78, 5) is 26.0. The van der Waals surface area contributed by atoms with Crippen molar-refractivity contribution in [1.29, 1.82) is 0 Å². The first kappa shape index (κ1) is 26.4. The van der Waals surface area contributed by atoms with Crippen molar-refractivity contribution >= 4 is 37.7 Å². The molecule has 0 saturated carbocycles. The summed E-state index contributed by atoms with van der Waals surface area (Å²) in [5, 5.41) is 1.72. The Balaban J connectivity index is 1.68. The molecule has 0 bridgehead atoms. The molecule has 1 heterocycles. The third kappa shape index (κ3) is 5.23. The third-order valence-corrected chi connectivity index (χ3v) is 8.04. The topological polar surface area (TPSA) is 112 Å². The van der Waals surface area contributed by atoms with Crippen LogP contribution in [0, 0.1) is 19.8 Å². The van der Waals surface area contributed by atoms with Crippen LogP contribution in [0.2, 0.25) is 0 Å². The molecule has 9 heteroatoms. The Morgan fingerprint density at radius 1 is 1.00 bits per heavy atom. The van der Waals surface area contributed by atoms with Gasteiger partial charge in [0.25, 0.3) is 0 Å². The van der Waals surface area contributed by atoms with E-state index in [1.165, 1.54) is 19.2 Å². The molecule has 0 unspecified atom stereocenters. The Morgan fingerprint density at radius 2 is 1.68 bits per heavy atom. The summed E-state index contributed by atoms with van der Waals surface area (Å²) in [6.45, 7) is 7.17. The number of esters is 1. The summed E-state index contributed by atoms with van der Waals surface area (Å²) < 4.78 is 45.0. The first-order chi connectivity index (χ1) is 17.6. The van der Waals surface area contributed by atoms with Crippen molar-refractivity contribution in [2.24, 2.45) is 5.92 Å². The van der Waals surface area contributed by atoms with Crippen molar-refractivity contribution in [2.75, 3.05) is 7.11 Å². The second-order valence-corrected chi connectivity index (χ2v) is 10.8. The molecule has 0 fully saturated rings. The zero-order valence-electron chi connectivity index (χ0n) is 21.3. The summed E-state index contributed by atoms with van der Waals surface area (Å²) in [6, 6.07) is 13.7. The fraction of sp³-hybridized carbons (Fsp3) is 0.286. The molecule has 2 atom stereocenters. The first-order valence-corrected chi connectivity index (χ1v) is 13.4. The molecule has 4 rings (SSSR count). The minimum Gasteiger partial charge on any atom is -0.497 e. The van der Waals surface area contributed by atoms with Crippen molar-refractivity contribution in [3.63, 3.8) is 0 Å². The number of hydrogen-bond donors (Lipinski definition) is 1. The quantitative estimate of drug-likeness (QED) is 0.152. The molecule has 0 aliphatic rings. The number of nitrogens with one attached hydrogen (secondary N) is 1. The van der Waals surface area contributed by atoms with E-state index in [0.717, 1.165) is 5.56 Å². The molecule has 194 valence electrons. The van der Waals surface area contributed by atoms with Gasteiger partial charge in [-0.1, -0.05) is 38.0 Å². The highest BCUT2D eigenvalue weighted by molar-refractivity contribution is 7.89. The van der Waals surface area contributed by atoms with Gasteiger partial charge in [-0.25, -0.2) is 18.0 Å². The number of aryl methyl sites for hydroxylation is 2. The highest BCUT2D eigenvalue weighted by Gasteiger charge is 2.32. The number of ether oxygens (including phenoxy) is 2. The number of methoxy groups -OCH3 is 1. The lowest BCUT2D eigenvalue weighted by Gasteiger charge is -2.23. The van der Waals surface area contributed by atoms with E-state index in [0.29, 0.717) is 33.9 Å². The Bertz CT molecular complexity index is 1640. The second-order valence-electron chi connectivity index (χ2n) is 9.09. The van der Waals surface area contributed by atoms with Crippen molar-refractivity contribution in [1.82, 2.24) is 4.72 Å². The molecule has 0 amide bonds. The molecular formula is C28H29NO7S. The van der Waals surface area contributed by atoms with Crippen molar-refractivity contribution < 1.29 is 27.1 Å². The zero-order chi connectivity index (χ0) is 26.9. The standard InChI is InChI=1S/C28H29NO7S/c1-6-17(3)25(29-37(32,33)20-10-7-16(2)8-11-20)28(31)35-24-14-13-22-21-12-9-19(34-5)15-23(21)27(30)36-26(22)18(24)4/h7-15,17,25,29H,6H2,1-5H3/t17-,25-/m0/s1. The average Bonchev–Trinajstić information content (AvgIpc) is 2.89. The van der Waals surface area contributed by atoms with Crippen LogP contribution in [-0.4, -0.2) is 27.5 Å². The van der Waals surface area contributed by atoms with Crippen LogP contribution in [-0.2, 0) is 14.8 Å². The smallest absolute Gasteiger partial charge is 0.344 e. The van der Waals surface area contributed by atoms with Crippen molar-refractivity contribution in [2.45, 2.75) is 45.1 Å². The van der Waals surface area contributed by atoms with Gasteiger partial charge in [-0.3, -0.25) is 0 Å². The molecule has 37 heavy (non-hydrogen) atoms. The lowest BCUT2D eigenvalue weighted by molar-refractivity contribution is -0.137. The van der Waals surface area contributed by atoms with E-state index >= 15 is 0 Å². The minimum atomic E-state index is -3.97. The van der Waals surface area contributed by atoms with Crippen LogP contribution in [0.1, 0.15) is 31.4 Å².